The summed E-state index contributed by atoms with van der Waals surface area (Å²) < 4.78 is 0. The van der Waals surface area contributed by atoms with Crippen molar-refractivity contribution >= 4 is 17.6 Å². The van der Waals surface area contributed by atoms with Gasteiger partial charge in [0.2, 0.25) is 5.91 Å². The van der Waals surface area contributed by atoms with Crippen LogP contribution in [0.3, 0.4) is 0 Å². The van der Waals surface area contributed by atoms with E-state index in [4.69, 9.17) is 0 Å². The second kappa shape index (κ2) is 8.57. The fourth-order valence-corrected chi connectivity index (χ4v) is 2.95. The third kappa shape index (κ3) is 4.40. The normalized spacial score (nSPS) is 15.8. The molecular weight excluding hydrogens is 304 g/mol. The average molecular weight is 332 g/mol. The van der Waals surface area contributed by atoms with Crippen molar-refractivity contribution in [2.75, 3.05) is 44.2 Å². The molecule has 0 aromatic heterocycles. The zero-order chi connectivity index (χ0) is 17.5. The topological polar surface area (TPSA) is 55.9 Å². The molecule has 0 spiro atoms. The minimum Gasteiger partial charge on any atom is -0.368 e. The van der Waals surface area contributed by atoms with Crippen molar-refractivity contribution < 1.29 is 9.59 Å². The number of piperazine rings is 1. The summed E-state index contributed by atoms with van der Waals surface area (Å²) in [7, 11) is 0. The van der Waals surface area contributed by atoms with E-state index >= 15 is 0 Å². The summed E-state index contributed by atoms with van der Waals surface area (Å²) in [6.07, 6.45) is 0. The molecule has 0 aliphatic carbocycles. The van der Waals surface area contributed by atoms with Gasteiger partial charge in [-0.05, 0) is 32.9 Å². The Morgan fingerprint density at radius 1 is 1.08 bits per heavy atom. The number of nitrogens with zero attached hydrogens (tertiary/aromatic N) is 3. The van der Waals surface area contributed by atoms with Gasteiger partial charge in [-0.25, -0.2) is 4.79 Å². The number of para-hydroxylation sites is 1. The van der Waals surface area contributed by atoms with Gasteiger partial charge in [-0.1, -0.05) is 18.2 Å². The number of amides is 3. The lowest BCUT2D eigenvalue weighted by Gasteiger charge is -2.37. The first-order valence-electron chi connectivity index (χ1n) is 8.71. The summed E-state index contributed by atoms with van der Waals surface area (Å²) in [5, 5.41) is 2.80. The van der Waals surface area contributed by atoms with Gasteiger partial charge < -0.3 is 20.0 Å². The van der Waals surface area contributed by atoms with E-state index in [0.29, 0.717) is 26.2 Å². The Hall–Kier alpha value is -2.24. The van der Waals surface area contributed by atoms with E-state index in [1.54, 1.807) is 11.8 Å². The van der Waals surface area contributed by atoms with Crippen LogP contribution in [-0.4, -0.2) is 67.0 Å². The number of carbonyl (C=O) groups is 2. The highest BCUT2D eigenvalue weighted by molar-refractivity contribution is 5.87. The van der Waals surface area contributed by atoms with Gasteiger partial charge in [0.15, 0.2) is 0 Å². The number of anilines is 1. The molecule has 0 bridgehead atoms. The van der Waals surface area contributed by atoms with E-state index in [-0.39, 0.29) is 11.9 Å². The van der Waals surface area contributed by atoms with E-state index in [2.05, 4.69) is 22.3 Å². The van der Waals surface area contributed by atoms with Crippen LogP contribution in [0.25, 0.3) is 0 Å². The maximum Gasteiger partial charge on any atom is 0.318 e. The molecule has 1 fully saturated rings. The number of carbonyl (C=O) groups excluding carboxylic acids is 2. The van der Waals surface area contributed by atoms with Crippen LogP contribution in [0.2, 0.25) is 0 Å². The number of hydrogen-bond acceptors (Lipinski definition) is 3. The fourth-order valence-electron chi connectivity index (χ4n) is 2.95. The molecule has 1 N–H and O–H groups in total. The number of nitrogens with one attached hydrogen (secondary N) is 1. The van der Waals surface area contributed by atoms with Crippen molar-refractivity contribution in [2.24, 2.45) is 0 Å². The van der Waals surface area contributed by atoms with Crippen LogP contribution in [0.1, 0.15) is 20.8 Å². The molecule has 1 aliphatic heterocycles. The molecule has 1 heterocycles. The van der Waals surface area contributed by atoms with Crippen molar-refractivity contribution in [1.82, 2.24) is 15.1 Å². The molecule has 1 saturated heterocycles. The van der Waals surface area contributed by atoms with Crippen LogP contribution < -0.4 is 10.2 Å². The molecule has 1 atom stereocenters. The number of benzene rings is 1. The first-order chi connectivity index (χ1) is 11.6. The Bertz CT molecular complexity index is 537. The fraction of sp³-hybridized carbons (Fsp3) is 0.556. The molecule has 1 aromatic rings. The summed E-state index contributed by atoms with van der Waals surface area (Å²) in [5.74, 6) is -0.0109. The molecule has 0 saturated carbocycles. The summed E-state index contributed by atoms with van der Waals surface area (Å²) in [4.78, 5) is 30.4. The highest BCUT2D eigenvalue weighted by Crippen LogP contribution is 2.15. The van der Waals surface area contributed by atoms with E-state index in [9.17, 15) is 9.59 Å². The van der Waals surface area contributed by atoms with Crippen LogP contribution in [0, 0.1) is 0 Å². The maximum absolute atomic E-state index is 12.6. The maximum atomic E-state index is 12.6. The van der Waals surface area contributed by atoms with Gasteiger partial charge >= 0.3 is 6.03 Å². The van der Waals surface area contributed by atoms with Gasteiger partial charge in [0.25, 0.3) is 0 Å². The van der Waals surface area contributed by atoms with Gasteiger partial charge in [0.1, 0.15) is 6.04 Å². The lowest BCUT2D eigenvalue weighted by molar-refractivity contribution is -0.133. The first kappa shape index (κ1) is 18.1. The van der Waals surface area contributed by atoms with Crippen molar-refractivity contribution in [1.29, 1.82) is 0 Å². The summed E-state index contributed by atoms with van der Waals surface area (Å²) in [6.45, 7) is 9.87. The highest BCUT2D eigenvalue weighted by atomic mass is 16.2. The van der Waals surface area contributed by atoms with Gasteiger partial charge in [0.05, 0.1) is 0 Å². The SMILES string of the molecule is CCN(CC)C(=O)N[C@@H](C)C(=O)N1CCN(c2ccccc2)CC1. The minimum atomic E-state index is -0.499. The molecule has 1 aromatic carbocycles. The van der Waals surface area contributed by atoms with E-state index in [1.807, 2.05) is 36.9 Å². The average Bonchev–Trinajstić information content (AvgIpc) is 2.63. The van der Waals surface area contributed by atoms with Crippen LogP contribution in [0.4, 0.5) is 10.5 Å². The van der Waals surface area contributed by atoms with Gasteiger partial charge in [-0.15, -0.1) is 0 Å². The second-order valence-electron chi connectivity index (χ2n) is 5.99. The standard InChI is InChI=1S/C18H28N4O2/c1-4-20(5-2)18(24)19-15(3)17(23)22-13-11-21(12-14-22)16-9-7-6-8-10-16/h6-10,15H,4-5,11-14H2,1-3H3,(H,19,24)/t15-/m0/s1. The molecule has 6 nitrogen and oxygen atoms in total. The Kier molecular flexibility index (Phi) is 6.46. The lowest BCUT2D eigenvalue weighted by Crippen LogP contribution is -2.55. The monoisotopic (exact) mass is 332 g/mol. The predicted molar refractivity (Wildman–Crippen MR) is 96.1 cm³/mol. The predicted octanol–water partition coefficient (Wildman–Crippen LogP) is 1.78. The number of urea groups is 1. The third-order valence-electron chi connectivity index (χ3n) is 4.47. The summed E-state index contributed by atoms with van der Waals surface area (Å²) >= 11 is 0. The van der Waals surface area contributed by atoms with Crippen LogP contribution in [-0.2, 0) is 4.79 Å². The smallest absolute Gasteiger partial charge is 0.318 e. The zero-order valence-electron chi connectivity index (χ0n) is 14.9. The summed E-state index contributed by atoms with van der Waals surface area (Å²) in [6, 6.07) is 9.55. The first-order valence-corrected chi connectivity index (χ1v) is 8.71. The zero-order valence-corrected chi connectivity index (χ0v) is 14.9. The summed E-state index contributed by atoms with van der Waals surface area (Å²) in [5.41, 5.74) is 1.19. The van der Waals surface area contributed by atoms with E-state index in [0.717, 1.165) is 13.1 Å². The molecule has 6 heteroatoms. The van der Waals surface area contributed by atoms with Crippen molar-refractivity contribution in [3.05, 3.63) is 30.3 Å². The molecular formula is C18H28N4O2. The Morgan fingerprint density at radius 2 is 1.67 bits per heavy atom. The molecule has 24 heavy (non-hydrogen) atoms. The van der Waals surface area contributed by atoms with E-state index < -0.39 is 6.04 Å². The minimum absolute atomic E-state index is 0.0109. The van der Waals surface area contributed by atoms with Gasteiger partial charge in [-0.2, -0.15) is 0 Å². The molecule has 132 valence electrons. The van der Waals surface area contributed by atoms with Crippen molar-refractivity contribution in [3.8, 4) is 0 Å². The Labute approximate surface area is 144 Å². The quantitative estimate of drug-likeness (QED) is 0.894. The molecule has 3 amide bonds. The van der Waals surface area contributed by atoms with Crippen LogP contribution in [0.15, 0.2) is 30.3 Å². The number of rotatable bonds is 5. The molecule has 2 rings (SSSR count). The molecule has 0 radical (unpaired) electrons. The molecule has 1 aliphatic rings. The lowest BCUT2D eigenvalue weighted by atomic mass is 10.2. The highest BCUT2D eigenvalue weighted by Gasteiger charge is 2.26. The Morgan fingerprint density at radius 3 is 2.21 bits per heavy atom. The van der Waals surface area contributed by atoms with Gasteiger partial charge in [0, 0.05) is 45.0 Å². The van der Waals surface area contributed by atoms with Crippen molar-refractivity contribution in [3.63, 3.8) is 0 Å². The Balaban J connectivity index is 1.84. The van der Waals surface area contributed by atoms with Crippen molar-refractivity contribution in [2.45, 2.75) is 26.8 Å². The van der Waals surface area contributed by atoms with E-state index in [1.165, 1.54) is 5.69 Å². The number of hydrogen-bond donors (Lipinski definition) is 1. The third-order valence-corrected chi connectivity index (χ3v) is 4.47. The second-order valence-corrected chi connectivity index (χ2v) is 5.99. The van der Waals surface area contributed by atoms with Crippen LogP contribution >= 0.6 is 0 Å². The van der Waals surface area contributed by atoms with Crippen LogP contribution in [0.5, 0.6) is 0 Å². The molecule has 0 unspecified atom stereocenters. The largest absolute Gasteiger partial charge is 0.368 e. The van der Waals surface area contributed by atoms with Gasteiger partial charge in [-0.3, -0.25) is 4.79 Å².